The van der Waals surface area contributed by atoms with Gasteiger partial charge in [-0.05, 0) is 25.8 Å². The molecule has 0 radical (unpaired) electrons. The summed E-state index contributed by atoms with van der Waals surface area (Å²) >= 11 is 0. The number of hydrogen-bond donors (Lipinski definition) is 2. The summed E-state index contributed by atoms with van der Waals surface area (Å²) in [6.45, 7) is 2.04. The lowest BCUT2D eigenvalue weighted by Crippen LogP contribution is -2.28. The number of nitrogens with two attached hydrogens (primary N) is 1. The van der Waals surface area contributed by atoms with E-state index in [9.17, 15) is 4.79 Å². The minimum Gasteiger partial charge on any atom is -0.351 e. The Morgan fingerprint density at radius 1 is 1.73 bits per heavy atom. The third-order valence-corrected chi connectivity index (χ3v) is 1.57. The predicted molar refractivity (Wildman–Crippen MR) is 43.8 cm³/mol. The number of carbonyl (C=O) groups is 1. The molecule has 0 bridgehead atoms. The van der Waals surface area contributed by atoms with Crippen LogP contribution in [0.4, 0.5) is 4.79 Å². The molecule has 1 aliphatic rings. The maximum absolute atomic E-state index is 10.4. The largest absolute Gasteiger partial charge is 0.351 e. The van der Waals surface area contributed by atoms with Crippen molar-refractivity contribution in [3.8, 4) is 0 Å². The second-order valence-corrected chi connectivity index (χ2v) is 2.68. The summed E-state index contributed by atoms with van der Waals surface area (Å²) in [5, 5.41) is 2.54. The van der Waals surface area contributed by atoms with E-state index in [1.807, 2.05) is 19.1 Å². The number of carbonyl (C=O) groups excluding carboxylic acids is 1. The van der Waals surface area contributed by atoms with E-state index in [0.717, 1.165) is 18.5 Å². The number of hydrogen-bond acceptors (Lipinski definition) is 1. The third-order valence-electron chi connectivity index (χ3n) is 1.57. The Morgan fingerprint density at radius 2 is 2.45 bits per heavy atom. The van der Waals surface area contributed by atoms with Crippen LogP contribution in [-0.4, -0.2) is 6.03 Å². The molecule has 0 atom stereocenters. The number of urea groups is 1. The first kappa shape index (κ1) is 7.85. The first-order valence-corrected chi connectivity index (χ1v) is 3.62. The van der Waals surface area contributed by atoms with Crippen molar-refractivity contribution in [2.75, 3.05) is 0 Å². The molecule has 0 fully saturated rings. The molecule has 1 rings (SSSR count). The van der Waals surface area contributed by atoms with Gasteiger partial charge in [-0.25, -0.2) is 4.79 Å². The normalized spacial score (nSPS) is 16.8. The third kappa shape index (κ3) is 2.45. The van der Waals surface area contributed by atoms with Crippen LogP contribution >= 0.6 is 0 Å². The second-order valence-electron chi connectivity index (χ2n) is 2.68. The lowest BCUT2D eigenvalue weighted by Gasteiger charge is -2.09. The molecule has 0 saturated carbocycles. The molecule has 3 N–H and O–H groups in total. The number of allylic oxidation sites excluding steroid dienone is 3. The summed E-state index contributed by atoms with van der Waals surface area (Å²) in [5.41, 5.74) is 7.04. The zero-order chi connectivity index (χ0) is 8.27. The molecule has 11 heavy (non-hydrogen) atoms. The number of amides is 2. The molecule has 0 spiro atoms. The van der Waals surface area contributed by atoms with Crippen LogP contribution in [0.25, 0.3) is 0 Å². The lowest BCUT2D eigenvalue weighted by molar-refractivity contribution is 0.251. The average Bonchev–Trinajstić information content (AvgIpc) is 1.85. The standard InChI is InChI=1S/C8H12N2O/c1-6-3-2-4-7(5-6)10-8(9)11/h4-5H,2-3H2,1H3,(H3,9,10,11). The second kappa shape index (κ2) is 3.23. The fourth-order valence-electron chi connectivity index (χ4n) is 1.08. The van der Waals surface area contributed by atoms with Crippen molar-refractivity contribution in [2.45, 2.75) is 19.8 Å². The van der Waals surface area contributed by atoms with Crippen molar-refractivity contribution < 1.29 is 4.79 Å². The maximum Gasteiger partial charge on any atom is 0.316 e. The quantitative estimate of drug-likeness (QED) is 0.584. The van der Waals surface area contributed by atoms with Gasteiger partial charge >= 0.3 is 6.03 Å². The molecular formula is C8H12N2O. The van der Waals surface area contributed by atoms with Gasteiger partial charge in [0.25, 0.3) is 0 Å². The first-order valence-electron chi connectivity index (χ1n) is 3.62. The molecule has 0 aromatic rings. The molecule has 2 amide bonds. The average molecular weight is 152 g/mol. The Bertz CT molecular complexity index is 228. The summed E-state index contributed by atoms with van der Waals surface area (Å²) in [6.07, 6.45) is 5.97. The molecule has 3 nitrogen and oxygen atoms in total. The number of rotatable bonds is 1. The number of primary amides is 1. The maximum atomic E-state index is 10.4. The van der Waals surface area contributed by atoms with Crippen LogP contribution in [0.15, 0.2) is 23.4 Å². The molecule has 60 valence electrons. The Labute approximate surface area is 66.0 Å². The highest BCUT2D eigenvalue weighted by Gasteiger charge is 2.02. The van der Waals surface area contributed by atoms with E-state index in [4.69, 9.17) is 5.73 Å². The molecule has 0 aromatic heterocycles. The summed E-state index contributed by atoms with van der Waals surface area (Å²) in [7, 11) is 0. The van der Waals surface area contributed by atoms with Crippen molar-refractivity contribution in [1.29, 1.82) is 0 Å². The Balaban J connectivity index is 2.59. The molecule has 0 aromatic carbocycles. The van der Waals surface area contributed by atoms with E-state index < -0.39 is 6.03 Å². The Morgan fingerprint density at radius 3 is 3.00 bits per heavy atom. The van der Waals surface area contributed by atoms with Gasteiger partial charge in [0.05, 0.1) is 0 Å². The van der Waals surface area contributed by atoms with E-state index in [-0.39, 0.29) is 0 Å². The van der Waals surface area contributed by atoms with E-state index in [1.165, 1.54) is 5.57 Å². The fourth-order valence-corrected chi connectivity index (χ4v) is 1.08. The summed E-state index contributed by atoms with van der Waals surface area (Å²) < 4.78 is 0. The smallest absolute Gasteiger partial charge is 0.316 e. The SMILES string of the molecule is CC1=CC(NC(N)=O)=CCC1. The van der Waals surface area contributed by atoms with Gasteiger partial charge in [0.1, 0.15) is 0 Å². The van der Waals surface area contributed by atoms with Crippen molar-refractivity contribution in [3.63, 3.8) is 0 Å². The van der Waals surface area contributed by atoms with E-state index in [2.05, 4.69) is 5.32 Å². The van der Waals surface area contributed by atoms with Crippen molar-refractivity contribution in [1.82, 2.24) is 5.32 Å². The first-order chi connectivity index (χ1) is 5.18. The molecule has 1 aliphatic carbocycles. The van der Waals surface area contributed by atoms with Gasteiger partial charge in [-0.3, -0.25) is 0 Å². The van der Waals surface area contributed by atoms with Crippen LogP contribution < -0.4 is 11.1 Å². The van der Waals surface area contributed by atoms with Gasteiger partial charge in [-0.15, -0.1) is 0 Å². The number of nitrogens with one attached hydrogen (secondary N) is 1. The van der Waals surface area contributed by atoms with Gasteiger partial charge in [0.15, 0.2) is 0 Å². The molecule has 0 heterocycles. The van der Waals surface area contributed by atoms with E-state index >= 15 is 0 Å². The van der Waals surface area contributed by atoms with Gasteiger partial charge in [0.2, 0.25) is 0 Å². The molecular weight excluding hydrogens is 140 g/mol. The van der Waals surface area contributed by atoms with Gasteiger partial charge in [-0.1, -0.05) is 11.6 Å². The summed E-state index contributed by atoms with van der Waals surface area (Å²) in [5.74, 6) is 0. The Hall–Kier alpha value is -1.25. The topological polar surface area (TPSA) is 55.1 Å². The van der Waals surface area contributed by atoms with Crippen LogP contribution in [0, 0.1) is 0 Å². The summed E-state index contributed by atoms with van der Waals surface area (Å²) in [4.78, 5) is 10.4. The Kier molecular flexibility index (Phi) is 2.31. The zero-order valence-electron chi connectivity index (χ0n) is 6.55. The molecule has 0 aliphatic heterocycles. The van der Waals surface area contributed by atoms with Crippen LogP contribution in [-0.2, 0) is 0 Å². The molecule has 0 saturated heterocycles. The van der Waals surface area contributed by atoms with Crippen molar-refractivity contribution >= 4 is 6.03 Å². The van der Waals surface area contributed by atoms with Crippen LogP contribution in [0.2, 0.25) is 0 Å². The summed E-state index contributed by atoms with van der Waals surface area (Å²) in [6, 6.07) is -0.498. The van der Waals surface area contributed by atoms with Crippen LogP contribution in [0.1, 0.15) is 19.8 Å². The van der Waals surface area contributed by atoms with Crippen molar-refractivity contribution in [2.24, 2.45) is 5.73 Å². The highest BCUT2D eigenvalue weighted by atomic mass is 16.2. The molecule has 0 unspecified atom stereocenters. The fraction of sp³-hybridized carbons (Fsp3) is 0.375. The van der Waals surface area contributed by atoms with Crippen LogP contribution in [0.5, 0.6) is 0 Å². The molecule has 3 heteroatoms. The van der Waals surface area contributed by atoms with E-state index in [0.29, 0.717) is 0 Å². The highest BCUT2D eigenvalue weighted by Crippen LogP contribution is 2.14. The van der Waals surface area contributed by atoms with Gasteiger partial charge in [0, 0.05) is 5.70 Å². The monoisotopic (exact) mass is 152 g/mol. The minimum absolute atomic E-state index is 0.498. The van der Waals surface area contributed by atoms with Crippen molar-refractivity contribution in [3.05, 3.63) is 23.4 Å². The van der Waals surface area contributed by atoms with Gasteiger partial charge in [-0.2, -0.15) is 0 Å². The van der Waals surface area contributed by atoms with E-state index in [1.54, 1.807) is 0 Å². The van der Waals surface area contributed by atoms with Gasteiger partial charge < -0.3 is 11.1 Å². The minimum atomic E-state index is -0.498. The zero-order valence-corrected chi connectivity index (χ0v) is 6.55. The lowest BCUT2D eigenvalue weighted by atomic mass is 10.1. The predicted octanol–water partition coefficient (Wildman–Crippen LogP) is 1.28. The van der Waals surface area contributed by atoms with Crippen LogP contribution in [0.3, 0.4) is 0 Å². The highest BCUT2D eigenvalue weighted by molar-refractivity contribution is 5.74.